The molecule has 3 rings (SSSR count). The van der Waals surface area contributed by atoms with Crippen LogP contribution >= 0.6 is 0 Å². The molecule has 23 heavy (non-hydrogen) atoms. The Bertz CT molecular complexity index is 760. The van der Waals surface area contributed by atoms with Crippen LogP contribution in [0.5, 0.6) is 0 Å². The summed E-state index contributed by atoms with van der Waals surface area (Å²) in [5.74, 6) is 0.0702. The van der Waals surface area contributed by atoms with E-state index >= 15 is 0 Å². The first-order valence-corrected chi connectivity index (χ1v) is 7.64. The van der Waals surface area contributed by atoms with Gasteiger partial charge in [-0.25, -0.2) is 4.98 Å². The second kappa shape index (κ2) is 6.51. The van der Waals surface area contributed by atoms with E-state index in [1.54, 1.807) is 6.92 Å². The Morgan fingerprint density at radius 2 is 2.22 bits per heavy atom. The van der Waals surface area contributed by atoms with E-state index in [4.69, 9.17) is 9.15 Å². The van der Waals surface area contributed by atoms with Gasteiger partial charge in [0.1, 0.15) is 11.1 Å². The second-order valence-electron chi connectivity index (χ2n) is 5.73. The van der Waals surface area contributed by atoms with Gasteiger partial charge in [-0.3, -0.25) is 14.5 Å². The van der Waals surface area contributed by atoms with E-state index < -0.39 is 0 Å². The summed E-state index contributed by atoms with van der Waals surface area (Å²) in [5.41, 5.74) is 0.0539. The first-order valence-electron chi connectivity index (χ1n) is 7.64. The molecule has 2 N–H and O–H groups in total. The minimum absolute atomic E-state index is 0.0549. The third kappa shape index (κ3) is 3.27. The van der Waals surface area contributed by atoms with E-state index in [0.29, 0.717) is 19.0 Å². The number of carbonyl (C=O) groups excluding carboxylic acids is 1. The number of aromatic amines is 1. The van der Waals surface area contributed by atoms with E-state index in [-0.39, 0.29) is 34.2 Å². The monoisotopic (exact) mass is 320 g/mol. The van der Waals surface area contributed by atoms with Gasteiger partial charge in [-0.2, -0.15) is 0 Å². The number of aryl methyl sites for hydroxylation is 1. The molecular formula is C15H20N4O4. The van der Waals surface area contributed by atoms with Crippen LogP contribution in [0.3, 0.4) is 0 Å². The fourth-order valence-corrected chi connectivity index (χ4v) is 2.84. The van der Waals surface area contributed by atoms with Crippen molar-refractivity contribution < 1.29 is 13.9 Å². The van der Waals surface area contributed by atoms with E-state index in [0.717, 1.165) is 19.6 Å². The summed E-state index contributed by atoms with van der Waals surface area (Å²) in [6.45, 7) is 7.48. The van der Waals surface area contributed by atoms with Crippen molar-refractivity contribution in [1.82, 2.24) is 20.2 Å². The number of hydrogen-bond donors (Lipinski definition) is 2. The molecule has 1 aliphatic heterocycles. The molecule has 1 amide bonds. The Balaban J connectivity index is 1.75. The lowest BCUT2D eigenvalue weighted by Gasteiger charge is -2.29. The number of H-pyrrole nitrogens is 1. The Morgan fingerprint density at radius 1 is 1.48 bits per heavy atom. The molecule has 8 nitrogen and oxygen atoms in total. The van der Waals surface area contributed by atoms with Crippen LogP contribution in [0.2, 0.25) is 0 Å². The molecule has 0 aliphatic carbocycles. The van der Waals surface area contributed by atoms with Crippen molar-refractivity contribution in [2.24, 2.45) is 0 Å². The fraction of sp³-hybridized carbons (Fsp3) is 0.533. The van der Waals surface area contributed by atoms with Gasteiger partial charge in [-0.1, -0.05) is 0 Å². The quantitative estimate of drug-likeness (QED) is 0.839. The number of amides is 1. The topological polar surface area (TPSA) is 100 Å². The maximum atomic E-state index is 12.6. The maximum absolute atomic E-state index is 12.6. The number of morpholine rings is 1. The van der Waals surface area contributed by atoms with Crippen molar-refractivity contribution in [3.63, 3.8) is 0 Å². The zero-order valence-corrected chi connectivity index (χ0v) is 13.2. The summed E-state index contributed by atoms with van der Waals surface area (Å²) in [4.78, 5) is 33.2. The molecule has 1 saturated heterocycles. The number of aromatic nitrogens is 2. The van der Waals surface area contributed by atoms with Crippen LogP contribution in [0.1, 0.15) is 23.0 Å². The standard InChI is InChI=1S/C15H20N4O4/c1-9(7-19-3-5-22-6-4-19)18-14(21)11-10(2)23-15-12(11)13(20)16-8-17-15/h8-9H,3-7H2,1-2H3,(H,18,21)(H,16,17,20). The predicted octanol–water partition coefficient (Wildman–Crippen LogP) is 0.275. The van der Waals surface area contributed by atoms with Gasteiger partial charge in [-0.05, 0) is 13.8 Å². The number of rotatable bonds is 4. The summed E-state index contributed by atoms with van der Waals surface area (Å²) < 4.78 is 10.7. The minimum Gasteiger partial charge on any atom is -0.442 e. The first-order chi connectivity index (χ1) is 11.1. The third-order valence-corrected chi connectivity index (χ3v) is 3.91. The highest BCUT2D eigenvalue weighted by Gasteiger charge is 2.23. The number of furan rings is 1. The summed E-state index contributed by atoms with van der Waals surface area (Å²) in [5, 5.41) is 3.12. The van der Waals surface area contributed by atoms with Crippen molar-refractivity contribution in [3.05, 3.63) is 28.0 Å². The number of nitrogens with one attached hydrogen (secondary N) is 2. The lowest BCUT2D eigenvalue weighted by atomic mass is 10.1. The summed E-state index contributed by atoms with van der Waals surface area (Å²) in [6, 6.07) is -0.0549. The van der Waals surface area contributed by atoms with E-state index in [9.17, 15) is 9.59 Å². The normalized spacial score (nSPS) is 17.3. The molecule has 1 unspecified atom stereocenters. The molecule has 124 valence electrons. The molecule has 1 atom stereocenters. The van der Waals surface area contributed by atoms with Gasteiger partial charge in [-0.15, -0.1) is 0 Å². The highest BCUT2D eigenvalue weighted by molar-refractivity contribution is 6.06. The van der Waals surface area contributed by atoms with Gasteiger partial charge in [0.2, 0.25) is 5.71 Å². The molecule has 1 fully saturated rings. The molecule has 3 heterocycles. The van der Waals surface area contributed by atoms with Crippen molar-refractivity contribution in [1.29, 1.82) is 0 Å². The zero-order chi connectivity index (χ0) is 16.4. The smallest absolute Gasteiger partial charge is 0.262 e. The lowest BCUT2D eigenvalue weighted by molar-refractivity contribution is 0.0342. The van der Waals surface area contributed by atoms with Gasteiger partial charge in [0.05, 0.1) is 25.1 Å². The van der Waals surface area contributed by atoms with E-state index in [1.807, 2.05) is 6.92 Å². The molecule has 1 aliphatic rings. The van der Waals surface area contributed by atoms with Crippen molar-refractivity contribution in [3.8, 4) is 0 Å². The SMILES string of the molecule is Cc1oc2nc[nH]c(=O)c2c1C(=O)NC(C)CN1CCOCC1. The number of fused-ring (bicyclic) bond motifs is 1. The fourth-order valence-electron chi connectivity index (χ4n) is 2.84. The number of hydrogen-bond acceptors (Lipinski definition) is 6. The van der Waals surface area contributed by atoms with Crippen LogP contribution in [0.25, 0.3) is 11.1 Å². The van der Waals surface area contributed by atoms with Crippen LogP contribution < -0.4 is 10.9 Å². The van der Waals surface area contributed by atoms with Gasteiger partial charge < -0.3 is 19.5 Å². The van der Waals surface area contributed by atoms with Crippen molar-refractivity contribution in [2.75, 3.05) is 32.8 Å². The predicted molar refractivity (Wildman–Crippen MR) is 83.6 cm³/mol. The molecule has 0 spiro atoms. The maximum Gasteiger partial charge on any atom is 0.262 e. The molecule has 0 radical (unpaired) electrons. The highest BCUT2D eigenvalue weighted by Crippen LogP contribution is 2.20. The van der Waals surface area contributed by atoms with Crippen LogP contribution in [-0.4, -0.2) is 59.7 Å². The van der Waals surface area contributed by atoms with Gasteiger partial charge in [0.25, 0.3) is 11.5 Å². The van der Waals surface area contributed by atoms with Gasteiger partial charge >= 0.3 is 0 Å². The van der Waals surface area contributed by atoms with E-state index in [2.05, 4.69) is 20.2 Å². The number of carbonyl (C=O) groups is 1. The average molecular weight is 320 g/mol. The van der Waals surface area contributed by atoms with E-state index in [1.165, 1.54) is 6.33 Å². The Labute approximate surface area is 132 Å². The van der Waals surface area contributed by atoms with Crippen molar-refractivity contribution >= 4 is 17.0 Å². The Hall–Kier alpha value is -2.19. The van der Waals surface area contributed by atoms with Crippen LogP contribution in [0, 0.1) is 6.92 Å². The summed E-state index contributed by atoms with van der Waals surface area (Å²) in [6.07, 6.45) is 1.26. The Morgan fingerprint density at radius 3 is 2.96 bits per heavy atom. The molecule has 2 aromatic rings. The zero-order valence-electron chi connectivity index (χ0n) is 13.2. The summed E-state index contributed by atoms with van der Waals surface area (Å²) >= 11 is 0. The lowest BCUT2D eigenvalue weighted by Crippen LogP contribution is -2.46. The first kappa shape index (κ1) is 15.7. The molecule has 0 bridgehead atoms. The van der Waals surface area contributed by atoms with Gasteiger partial charge in [0.15, 0.2) is 0 Å². The molecule has 0 saturated carbocycles. The average Bonchev–Trinajstić information content (AvgIpc) is 2.85. The molecular weight excluding hydrogens is 300 g/mol. The number of ether oxygens (including phenoxy) is 1. The Kier molecular flexibility index (Phi) is 4.44. The van der Waals surface area contributed by atoms with Crippen LogP contribution in [0.15, 0.2) is 15.5 Å². The van der Waals surface area contributed by atoms with Gasteiger partial charge in [0, 0.05) is 25.7 Å². The minimum atomic E-state index is -0.377. The van der Waals surface area contributed by atoms with Crippen LogP contribution in [-0.2, 0) is 4.74 Å². The number of nitrogens with zero attached hydrogens (tertiary/aromatic N) is 2. The van der Waals surface area contributed by atoms with Crippen LogP contribution in [0.4, 0.5) is 0 Å². The largest absolute Gasteiger partial charge is 0.442 e. The highest BCUT2D eigenvalue weighted by atomic mass is 16.5. The molecule has 0 aromatic carbocycles. The summed E-state index contributed by atoms with van der Waals surface area (Å²) in [7, 11) is 0. The van der Waals surface area contributed by atoms with Crippen molar-refractivity contribution in [2.45, 2.75) is 19.9 Å². The molecule has 2 aromatic heterocycles. The second-order valence-corrected chi connectivity index (χ2v) is 5.73. The molecule has 8 heteroatoms. The third-order valence-electron chi connectivity index (χ3n) is 3.91.